The van der Waals surface area contributed by atoms with Gasteiger partial charge >= 0.3 is 0 Å². The van der Waals surface area contributed by atoms with Crippen molar-refractivity contribution in [2.75, 3.05) is 33.9 Å². The number of rotatable bonds is 10. The van der Waals surface area contributed by atoms with E-state index < -0.39 is 10.0 Å². The Balaban J connectivity index is 0.00000420. The maximum atomic E-state index is 12.4. The number of sulfonamides is 1. The Kier molecular flexibility index (Phi) is 11.7. The van der Waals surface area contributed by atoms with E-state index in [9.17, 15) is 8.42 Å². The molecule has 162 valence electrons. The van der Waals surface area contributed by atoms with Crippen LogP contribution in [0, 0.1) is 0 Å². The molecule has 0 aliphatic carbocycles. The largest absolute Gasteiger partial charge is 0.383 e. The van der Waals surface area contributed by atoms with Gasteiger partial charge in [-0.25, -0.2) is 18.1 Å². The van der Waals surface area contributed by atoms with Gasteiger partial charge < -0.3 is 15.0 Å². The Hall–Kier alpha value is -1.21. The highest BCUT2D eigenvalue weighted by Gasteiger charge is 2.14. The normalized spacial score (nSPS) is 11.8. The van der Waals surface area contributed by atoms with E-state index in [4.69, 9.17) is 4.74 Å². The summed E-state index contributed by atoms with van der Waals surface area (Å²) in [5, 5.41) is 7.45. The molecule has 2 rings (SSSR count). The average Bonchev–Trinajstić information content (AvgIpc) is 3.18. The summed E-state index contributed by atoms with van der Waals surface area (Å²) < 4.78 is 32.1. The van der Waals surface area contributed by atoms with Gasteiger partial charge in [0, 0.05) is 33.8 Å². The maximum absolute atomic E-state index is 12.4. The van der Waals surface area contributed by atoms with Crippen molar-refractivity contribution in [1.82, 2.24) is 14.9 Å². The van der Waals surface area contributed by atoms with E-state index in [2.05, 4.69) is 36.8 Å². The Bertz CT molecular complexity index is 858. The van der Waals surface area contributed by atoms with Crippen LogP contribution in [0.5, 0.6) is 0 Å². The van der Waals surface area contributed by atoms with Crippen LogP contribution in [0.1, 0.15) is 18.1 Å². The van der Waals surface area contributed by atoms with Crippen LogP contribution >= 0.6 is 35.3 Å². The van der Waals surface area contributed by atoms with Crippen LogP contribution < -0.4 is 10.0 Å². The Morgan fingerprint density at radius 1 is 1.28 bits per heavy atom. The highest BCUT2D eigenvalue weighted by atomic mass is 127. The van der Waals surface area contributed by atoms with Gasteiger partial charge in [-0.05, 0) is 47.0 Å². The third-order valence-electron chi connectivity index (χ3n) is 3.91. The molecule has 0 atom stereocenters. The molecule has 10 heteroatoms. The molecule has 1 aromatic heterocycles. The molecular formula is C19H29IN4O3S2. The van der Waals surface area contributed by atoms with Crippen molar-refractivity contribution in [1.29, 1.82) is 0 Å². The number of hydrogen-bond donors (Lipinski definition) is 2. The standard InChI is InChI=1S/C19H28N4O3S2.HI/c1-4-20-19(23(2)14-17-8-11-27-15-17)21-13-16-6-5-7-18(12-16)28(24,25)22-9-10-26-3;/h5-8,11-12,15,22H,4,9-10,13-14H2,1-3H3,(H,20,21);1H. The quantitative estimate of drug-likeness (QED) is 0.205. The Labute approximate surface area is 194 Å². The summed E-state index contributed by atoms with van der Waals surface area (Å²) in [6.45, 7) is 4.48. The lowest BCUT2D eigenvalue weighted by Gasteiger charge is -2.21. The van der Waals surface area contributed by atoms with Crippen molar-refractivity contribution in [3.63, 3.8) is 0 Å². The molecule has 1 heterocycles. The fourth-order valence-electron chi connectivity index (χ4n) is 2.54. The topological polar surface area (TPSA) is 83.0 Å². The number of nitrogens with one attached hydrogen (secondary N) is 2. The molecule has 0 bridgehead atoms. The second kappa shape index (κ2) is 13.2. The van der Waals surface area contributed by atoms with Crippen LogP contribution in [-0.4, -0.2) is 53.1 Å². The smallest absolute Gasteiger partial charge is 0.240 e. The molecule has 2 N–H and O–H groups in total. The predicted molar refractivity (Wildman–Crippen MR) is 130 cm³/mol. The SMILES string of the molecule is CCNC(=NCc1cccc(S(=O)(=O)NCCOC)c1)N(C)Cc1ccsc1.I. The minimum atomic E-state index is -3.56. The van der Waals surface area contributed by atoms with Crippen molar-refractivity contribution >= 4 is 51.3 Å². The molecule has 2 aromatic rings. The lowest BCUT2D eigenvalue weighted by Crippen LogP contribution is -2.38. The molecule has 0 saturated heterocycles. The van der Waals surface area contributed by atoms with Crippen LogP contribution in [0.15, 0.2) is 51.0 Å². The molecule has 0 spiro atoms. The first-order valence-electron chi connectivity index (χ1n) is 9.04. The van der Waals surface area contributed by atoms with Gasteiger partial charge in [-0.15, -0.1) is 24.0 Å². The zero-order valence-corrected chi connectivity index (χ0v) is 20.9. The molecule has 0 aliphatic heterocycles. The van der Waals surface area contributed by atoms with E-state index in [-0.39, 0.29) is 35.4 Å². The van der Waals surface area contributed by atoms with Gasteiger partial charge in [0.05, 0.1) is 18.0 Å². The average molecular weight is 553 g/mol. The number of methoxy groups -OCH3 is 1. The first-order valence-corrected chi connectivity index (χ1v) is 11.5. The van der Waals surface area contributed by atoms with Gasteiger partial charge in [0.15, 0.2) is 5.96 Å². The summed E-state index contributed by atoms with van der Waals surface area (Å²) in [6.07, 6.45) is 0. The molecule has 7 nitrogen and oxygen atoms in total. The van der Waals surface area contributed by atoms with Gasteiger partial charge in [0.2, 0.25) is 10.0 Å². The van der Waals surface area contributed by atoms with E-state index in [0.29, 0.717) is 13.2 Å². The van der Waals surface area contributed by atoms with Crippen LogP contribution in [0.4, 0.5) is 0 Å². The van der Waals surface area contributed by atoms with Gasteiger partial charge in [-0.2, -0.15) is 11.3 Å². The molecule has 0 fully saturated rings. The summed E-state index contributed by atoms with van der Waals surface area (Å²) in [5.74, 6) is 0.778. The first kappa shape index (κ1) is 25.8. The third-order valence-corrected chi connectivity index (χ3v) is 6.11. The van der Waals surface area contributed by atoms with E-state index >= 15 is 0 Å². The molecular weight excluding hydrogens is 523 g/mol. The van der Waals surface area contributed by atoms with E-state index in [0.717, 1.165) is 24.6 Å². The molecule has 1 aromatic carbocycles. The molecule has 29 heavy (non-hydrogen) atoms. The zero-order chi connectivity index (χ0) is 20.4. The number of guanidine groups is 1. The van der Waals surface area contributed by atoms with Gasteiger partial charge in [0.25, 0.3) is 0 Å². The summed E-state index contributed by atoms with van der Waals surface area (Å²) in [5.41, 5.74) is 2.06. The fraction of sp³-hybridized carbons (Fsp3) is 0.421. The number of aliphatic imine (C=N–C) groups is 1. The Morgan fingerprint density at radius 3 is 2.72 bits per heavy atom. The highest BCUT2D eigenvalue weighted by Crippen LogP contribution is 2.13. The number of benzene rings is 1. The summed E-state index contributed by atoms with van der Waals surface area (Å²) in [4.78, 5) is 6.95. The van der Waals surface area contributed by atoms with Gasteiger partial charge in [-0.1, -0.05) is 12.1 Å². The molecule has 0 aliphatic rings. The van der Waals surface area contributed by atoms with Gasteiger partial charge in [0.1, 0.15) is 0 Å². The second-order valence-corrected chi connectivity index (χ2v) is 8.74. The van der Waals surface area contributed by atoms with Crippen molar-refractivity contribution < 1.29 is 13.2 Å². The number of nitrogens with zero attached hydrogens (tertiary/aromatic N) is 2. The minimum absolute atomic E-state index is 0. The monoisotopic (exact) mass is 552 g/mol. The maximum Gasteiger partial charge on any atom is 0.240 e. The lowest BCUT2D eigenvalue weighted by atomic mass is 10.2. The summed E-state index contributed by atoms with van der Waals surface area (Å²) in [6, 6.07) is 8.94. The lowest BCUT2D eigenvalue weighted by molar-refractivity contribution is 0.204. The second-order valence-electron chi connectivity index (χ2n) is 6.20. The van der Waals surface area contributed by atoms with Crippen molar-refractivity contribution in [3.8, 4) is 0 Å². The van der Waals surface area contributed by atoms with E-state index in [1.54, 1.807) is 29.5 Å². The first-order chi connectivity index (χ1) is 13.5. The molecule has 0 radical (unpaired) electrons. The summed E-state index contributed by atoms with van der Waals surface area (Å²) >= 11 is 1.67. The van der Waals surface area contributed by atoms with E-state index in [1.807, 2.05) is 20.0 Å². The van der Waals surface area contributed by atoms with Crippen molar-refractivity contribution in [2.24, 2.45) is 4.99 Å². The zero-order valence-electron chi connectivity index (χ0n) is 16.9. The Morgan fingerprint density at radius 2 is 2.07 bits per heavy atom. The minimum Gasteiger partial charge on any atom is -0.383 e. The molecule has 0 amide bonds. The number of halogens is 1. The third kappa shape index (κ3) is 8.59. The van der Waals surface area contributed by atoms with Crippen LogP contribution in [0.2, 0.25) is 0 Å². The highest BCUT2D eigenvalue weighted by molar-refractivity contribution is 14.0. The van der Waals surface area contributed by atoms with Crippen LogP contribution in [-0.2, 0) is 27.8 Å². The predicted octanol–water partition coefficient (Wildman–Crippen LogP) is 2.89. The summed E-state index contributed by atoms with van der Waals surface area (Å²) in [7, 11) is -0.0399. The van der Waals surface area contributed by atoms with Crippen LogP contribution in [0.25, 0.3) is 0 Å². The molecule has 0 saturated carbocycles. The fourth-order valence-corrected chi connectivity index (χ4v) is 4.28. The number of hydrogen-bond acceptors (Lipinski definition) is 5. The van der Waals surface area contributed by atoms with Gasteiger partial charge in [-0.3, -0.25) is 0 Å². The van der Waals surface area contributed by atoms with E-state index in [1.165, 1.54) is 12.7 Å². The number of ether oxygens (including phenoxy) is 1. The van der Waals surface area contributed by atoms with Crippen LogP contribution in [0.3, 0.4) is 0 Å². The molecule has 0 unspecified atom stereocenters. The van der Waals surface area contributed by atoms with Crippen molar-refractivity contribution in [2.45, 2.75) is 24.9 Å². The number of thiophene rings is 1. The van der Waals surface area contributed by atoms with Crippen molar-refractivity contribution in [3.05, 3.63) is 52.2 Å².